The van der Waals surface area contributed by atoms with Gasteiger partial charge in [0.05, 0.1) is 5.69 Å². The first-order valence-electron chi connectivity index (χ1n) is 9.24. The van der Waals surface area contributed by atoms with E-state index in [2.05, 4.69) is 21.6 Å². The highest BCUT2D eigenvalue weighted by molar-refractivity contribution is 5.92. The molecule has 1 amide bonds. The summed E-state index contributed by atoms with van der Waals surface area (Å²) >= 11 is 0. The van der Waals surface area contributed by atoms with Crippen LogP contribution in [-0.4, -0.2) is 49.3 Å². The van der Waals surface area contributed by atoms with Gasteiger partial charge in [-0.15, -0.1) is 0 Å². The molecule has 0 spiro atoms. The summed E-state index contributed by atoms with van der Waals surface area (Å²) in [6, 6.07) is 16.1. The average Bonchev–Trinajstić information content (AvgIpc) is 2.67. The Hall–Kier alpha value is -2.37. The predicted molar refractivity (Wildman–Crippen MR) is 106 cm³/mol. The van der Waals surface area contributed by atoms with Crippen molar-refractivity contribution in [3.05, 3.63) is 54.1 Å². The molecule has 138 valence electrons. The number of anilines is 1. The van der Waals surface area contributed by atoms with Crippen LogP contribution in [0.1, 0.15) is 24.3 Å². The molecular formula is C21H27N3O2. The summed E-state index contributed by atoms with van der Waals surface area (Å²) in [4.78, 5) is 13.9. The molecule has 0 aliphatic carbocycles. The molecule has 0 saturated carbocycles. The van der Waals surface area contributed by atoms with Gasteiger partial charge in [-0.05, 0) is 50.0 Å². The Morgan fingerprint density at radius 3 is 2.50 bits per heavy atom. The zero-order chi connectivity index (χ0) is 18.4. The van der Waals surface area contributed by atoms with Gasteiger partial charge in [0.1, 0.15) is 0 Å². The molecule has 1 aliphatic heterocycles. The fraction of sp³-hybridized carbons (Fsp3) is 0.381. The van der Waals surface area contributed by atoms with Crippen LogP contribution in [0, 0.1) is 0 Å². The third-order valence-electron chi connectivity index (χ3n) is 5.12. The van der Waals surface area contributed by atoms with Crippen LogP contribution in [0.4, 0.5) is 10.5 Å². The zero-order valence-electron chi connectivity index (χ0n) is 15.2. The van der Waals surface area contributed by atoms with Crippen LogP contribution in [0.25, 0.3) is 11.1 Å². The molecule has 2 aromatic carbocycles. The lowest BCUT2D eigenvalue weighted by atomic mass is 9.86. The molecule has 3 N–H and O–H groups in total. The first-order valence-corrected chi connectivity index (χ1v) is 9.24. The van der Waals surface area contributed by atoms with Crippen LogP contribution >= 0.6 is 0 Å². The van der Waals surface area contributed by atoms with Gasteiger partial charge < -0.3 is 15.3 Å². The van der Waals surface area contributed by atoms with E-state index in [1.165, 1.54) is 0 Å². The van der Waals surface area contributed by atoms with Crippen molar-refractivity contribution in [2.24, 2.45) is 0 Å². The zero-order valence-corrected chi connectivity index (χ0v) is 15.2. The predicted octanol–water partition coefficient (Wildman–Crippen LogP) is 3.84. The first kappa shape index (κ1) is 18.4. The molecule has 1 aliphatic rings. The van der Waals surface area contributed by atoms with Crippen LogP contribution in [0.15, 0.2) is 48.5 Å². The van der Waals surface area contributed by atoms with E-state index in [4.69, 9.17) is 0 Å². The Bertz CT molecular complexity index is 725. The molecule has 0 atom stereocenters. The van der Waals surface area contributed by atoms with Crippen molar-refractivity contribution in [2.45, 2.75) is 18.8 Å². The number of nitrogens with one attached hydrogen (secondary N) is 2. The molecule has 1 fully saturated rings. The Morgan fingerprint density at radius 1 is 1.12 bits per heavy atom. The largest absolute Gasteiger partial charge is 0.465 e. The van der Waals surface area contributed by atoms with Crippen LogP contribution in [0.3, 0.4) is 0 Å². The Morgan fingerprint density at radius 2 is 1.85 bits per heavy atom. The number of rotatable bonds is 6. The molecule has 5 heteroatoms. The fourth-order valence-corrected chi connectivity index (χ4v) is 3.75. The number of hydrogen-bond donors (Lipinski definition) is 3. The molecule has 0 bridgehead atoms. The Balaban J connectivity index is 1.86. The Labute approximate surface area is 155 Å². The summed E-state index contributed by atoms with van der Waals surface area (Å²) in [5, 5.41) is 15.2. The number of hydrogen-bond acceptors (Lipinski definition) is 3. The lowest BCUT2D eigenvalue weighted by molar-refractivity contribution is 0.209. The van der Waals surface area contributed by atoms with Gasteiger partial charge in [0.15, 0.2) is 0 Å². The van der Waals surface area contributed by atoms with Crippen LogP contribution in [-0.2, 0) is 0 Å². The second kappa shape index (κ2) is 8.83. The normalized spacial score (nSPS) is 15.7. The second-order valence-electron chi connectivity index (χ2n) is 6.79. The van der Waals surface area contributed by atoms with Gasteiger partial charge >= 0.3 is 6.09 Å². The molecule has 0 aromatic heterocycles. The standard InChI is InChI=1S/C21H27N3O2/c1-22-12-15-24-13-10-17(11-14-24)19-9-5-8-18(20(19)23-21(25)26)16-6-3-2-4-7-16/h2-9,17,22-23H,10-15H2,1H3,(H,25,26). The maximum absolute atomic E-state index is 11.4. The number of likely N-dealkylation sites (N-methyl/N-ethyl adjacent to an activating group) is 1. The van der Waals surface area contributed by atoms with Crippen molar-refractivity contribution >= 4 is 11.8 Å². The summed E-state index contributed by atoms with van der Waals surface area (Å²) in [7, 11) is 1.98. The summed E-state index contributed by atoms with van der Waals surface area (Å²) in [6.07, 6.45) is 1.09. The molecule has 26 heavy (non-hydrogen) atoms. The van der Waals surface area contributed by atoms with E-state index >= 15 is 0 Å². The Kier molecular flexibility index (Phi) is 6.26. The van der Waals surface area contributed by atoms with Crippen molar-refractivity contribution in [3.63, 3.8) is 0 Å². The van der Waals surface area contributed by atoms with Gasteiger partial charge in [-0.3, -0.25) is 5.32 Å². The van der Waals surface area contributed by atoms with Crippen LogP contribution < -0.4 is 10.6 Å². The maximum Gasteiger partial charge on any atom is 0.409 e. The minimum Gasteiger partial charge on any atom is -0.465 e. The van der Waals surface area contributed by atoms with Crippen molar-refractivity contribution < 1.29 is 9.90 Å². The van der Waals surface area contributed by atoms with E-state index in [-0.39, 0.29) is 0 Å². The van der Waals surface area contributed by atoms with Gasteiger partial charge in [0, 0.05) is 18.7 Å². The minimum atomic E-state index is -1.01. The first-order chi connectivity index (χ1) is 12.7. The van der Waals surface area contributed by atoms with Gasteiger partial charge in [-0.2, -0.15) is 0 Å². The number of para-hydroxylation sites is 1. The molecule has 0 radical (unpaired) electrons. The van der Waals surface area contributed by atoms with E-state index in [9.17, 15) is 9.90 Å². The monoisotopic (exact) mass is 353 g/mol. The average molecular weight is 353 g/mol. The number of piperidine rings is 1. The number of carbonyl (C=O) groups is 1. The molecule has 0 unspecified atom stereocenters. The van der Waals surface area contributed by atoms with Crippen molar-refractivity contribution in [2.75, 3.05) is 38.5 Å². The minimum absolute atomic E-state index is 0.381. The molecule has 5 nitrogen and oxygen atoms in total. The fourth-order valence-electron chi connectivity index (χ4n) is 3.75. The number of carboxylic acid groups (broad SMARTS) is 1. The van der Waals surface area contributed by atoms with Crippen molar-refractivity contribution in [1.29, 1.82) is 0 Å². The number of likely N-dealkylation sites (tertiary alicyclic amines) is 1. The van der Waals surface area contributed by atoms with E-state index in [1.807, 2.05) is 49.5 Å². The van der Waals surface area contributed by atoms with Gasteiger partial charge in [-0.1, -0.05) is 48.5 Å². The van der Waals surface area contributed by atoms with Crippen molar-refractivity contribution in [1.82, 2.24) is 10.2 Å². The number of nitrogens with zero attached hydrogens (tertiary/aromatic N) is 1. The van der Waals surface area contributed by atoms with E-state index < -0.39 is 6.09 Å². The third-order valence-corrected chi connectivity index (χ3v) is 5.12. The van der Waals surface area contributed by atoms with Gasteiger partial charge in [-0.25, -0.2) is 4.79 Å². The molecular weight excluding hydrogens is 326 g/mol. The maximum atomic E-state index is 11.4. The van der Waals surface area contributed by atoms with Gasteiger partial charge in [0.25, 0.3) is 0 Å². The van der Waals surface area contributed by atoms with Crippen LogP contribution in [0.2, 0.25) is 0 Å². The molecule has 2 aromatic rings. The third kappa shape index (κ3) is 4.42. The van der Waals surface area contributed by atoms with E-state index in [1.54, 1.807) is 0 Å². The lowest BCUT2D eigenvalue weighted by Gasteiger charge is -2.33. The number of benzene rings is 2. The smallest absolute Gasteiger partial charge is 0.409 e. The SMILES string of the molecule is CNCCN1CCC(c2cccc(-c3ccccc3)c2NC(=O)O)CC1. The molecule has 1 heterocycles. The second-order valence-corrected chi connectivity index (χ2v) is 6.79. The molecule has 3 rings (SSSR count). The highest BCUT2D eigenvalue weighted by Gasteiger charge is 2.24. The van der Waals surface area contributed by atoms with E-state index in [0.717, 1.165) is 61.4 Å². The highest BCUT2D eigenvalue weighted by Crippen LogP contribution is 2.38. The summed E-state index contributed by atoms with van der Waals surface area (Å²) in [5.41, 5.74) is 3.83. The van der Waals surface area contributed by atoms with Crippen LogP contribution in [0.5, 0.6) is 0 Å². The van der Waals surface area contributed by atoms with Gasteiger partial charge in [0.2, 0.25) is 0 Å². The lowest BCUT2D eigenvalue weighted by Crippen LogP contribution is -2.37. The summed E-state index contributed by atoms with van der Waals surface area (Å²) in [5.74, 6) is 0.381. The highest BCUT2D eigenvalue weighted by atomic mass is 16.4. The quantitative estimate of drug-likeness (QED) is 0.738. The summed E-state index contributed by atoms with van der Waals surface area (Å²) in [6.45, 7) is 4.16. The van der Waals surface area contributed by atoms with Crippen molar-refractivity contribution in [3.8, 4) is 11.1 Å². The van der Waals surface area contributed by atoms with E-state index in [0.29, 0.717) is 5.92 Å². The molecule has 1 saturated heterocycles. The summed E-state index contributed by atoms with van der Waals surface area (Å²) < 4.78 is 0. The topological polar surface area (TPSA) is 64.6 Å². The number of amides is 1.